The third-order valence-corrected chi connectivity index (χ3v) is 6.29. The Labute approximate surface area is 213 Å². The van der Waals surface area contributed by atoms with Gasteiger partial charge in [-0.1, -0.05) is 11.6 Å². The van der Waals surface area contributed by atoms with E-state index in [1.54, 1.807) is 0 Å². The maximum atomic E-state index is 15.4. The summed E-state index contributed by atoms with van der Waals surface area (Å²) in [5, 5.41) is 14.6. The molecule has 196 valence electrons. The molecule has 2 amide bonds. The molecule has 2 aromatic rings. The molecular weight excluding hydrogens is 496 g/mol. The highest BCUT2D eigenvalue weighted by atomic mass is 35.5. The Morgan fingerprint density at radius 3 is 2.47 bits per heavy atom. The first-order valence-corrected chi connectivity index (χ1v) is 12.0. The lowest BCUT2D eigenvalue weighted by molar-refractivity contribution is -0.137. The number of anilines is 3. The van der Waals surface area contributed by atoms with Gasteiger partial charge >= 0.3 is 12.0 Å². The van der Waals surface area contributed by atoms with Crippen molar-refractivity contribution in [2.75, 3.05) is 49.0 Å². The first-order valence-electron chi connectivity index (χ1n) is 11.6. The van der Waals surface area contributed by atoms with E-state index in [0.717, 1.165) is 18.9 Å². The number of urea groups is 1. The van der Waals surface area contributed by atoms with E-state index in [9.17, 15) is 19.1 Å². The molecule has 2 aromatic carbocycles. The third-order valence-electron chi connectivity index (χ3n) is 6.05. The average molecular weight is 526 g/mol. The van der Waals surface area contributed by atoms with E-state index in [4.69, 9.17) is 21.1 Å². The molecule has 0 spiro atoms. The van der Waals surface area contributed by atoms with Crippen LogP contribution in [0.15, 0.2) is 30.3 Å². The molecule has 1 saturated heterocycles. The molecule has 1 aliphatic heterocycles. The second-order valence-electron chi connectivity index (χ2n) is 8.47. The number of aliphatic carboxylic acids is 1. The molecule has 3 rings (SSSR count). The SMILES string of the molecule is CCN(c1cc(F)c([C@@H](COC)CC(=O)O)cc1NC(=O)Nc1ccc(Cl)cc1F)C1CCOCC1. The third kappa shape index (κ3) is 7.05. The van der Waals surface area contributed by atoms with Crippen LogP contribution in [0.1, 0.15) is 37.7 Å². The quantitative estimate of drug-likeness (QED) is 0.380. The van der Waals surface area contributed by atoms with Crippen LogP contribution in [-0.4, -0.2) is 56.6 Å². The van der Waals surface area contributed by atoms with E-state index in [-0.39, 0.29) is 41.0 Å². The molecule has 3 N–H and O–H groups in total. The standard InChI is InChI=1S/C25H30ClF2N3O5/c1-3-31(17-6-8-36-9-7-17)23-13-19(27)18(15(14-35-2)10-24(32)33)12-22(23)30-25(34)29-21-5-4-16(26)11-20(21)28/h4-5,11-13,15,17H,3,6-10,14H2,1-2H3,(H,32,33)(H2,29,30,34)/t15-/m1/s1. The highest BCUT2D eigenvalue weighted by Gasteiger charge is 2.27. The minimum atomic E-state index is -1.11. The summed E-state index contributed by atoms with van der Waals surface area (Å²) in [7, 11) is 1.40. The highest BCUT2D eigenvalue weighted by molar-refractivity contribution is 6.30. The number of nitrogens with zero attached hydrogens (tertiary/aromatic N) is 1. The lowest BCUT2D eigenvalue weighted by Gasteiger charge is -2.36. The van der Waals surface area contributed by atoms with Crippen molar-refractivity contribution in [1.82, 2.24) is 0 Å². The van der Waals surface area contributed by atoms with Crippen LogP contribution in [0.5, 0.6) is 0 Å². The summed E-state index contributed by atoms with van der Waals surface area (Å²) in [6.45, 7) is 3.56. The number of methoxy groups -OCH3 is 1. The van der Waals surface area contributed by atoms with E-state index in [0.29, 0.717) is 25.4 Å². The number of carboxylic acids is 1. The fraction of sp³-hybridized carbons (Fsp3) is 0.440. The zero-order chi connectivity index (χ0) is 26.2. The van der Waals surface area contributed by atoms with Crippen LogP contribution >= 0.6 is 11.6 Å². The van der Waals surface area contributed by atoms with Crippen LogP contribution < -0.4 is 15.5 Å². The van der Waals surface area contributed by atoms with Crippen molar-refractivity contribution in [3.63, 3.8) is 0 Å². The van der Waals surface area contributed by atoms with Crippen LogP contribution in [0, 0.1) is 11.6 Å². The van der Waals surface area contributed by atoms with Gasteiger partial charge in [0.1, 0.15) is 11.6 Å². The molecule has 0 aromatic heterocycles. The molecule has 0 unspecified atom stereocenters. The van der Waals surface area contributed by atoms with E-state index < -0.39 is 29.6 Å². The number of carbonyl (C=O) groups is 2. The fourth-order valence-corrected chi connectivity index (χ4v) is 4.55. The topological polar surface area (TPSA) is 100 Å². The summed E-state index contributed by atoms with van der Waals surface area (Å²) in [5.41, 5.74) is 0.710. The molecule has 0 bridgehead atoms. The second kappa shape index (κ2) is 12.8. The Kier molecular flexibility index (Phi) is 9.86. The Hall–Kier alpha value is -2.95. The van der Waals surface area contributed by atoms with Gasteiger partial charge in [0.25, 0.3) is 0 Å². The molecular formula is C25H30ClF2N3O5. The van der Waals surface area contributed by atoms with Gasteiger partial charge in [0.15, 0.2) is 0 Å². The average Bonchev–Trinajstić information content (AvgIpc) is 2.83. The predicted molar refractivity (Wildman–Crippen MR) is 134 cm³/mol. The van der Waals surface area contributed by atoms with Gasteiger partial charge in [0.2, 0.25) is 0 Å². The smallest absolute Gasteiger partial charge is 0.323 e. The zero-order valence-electron chi connectivity index (χ0n) is 20.2. The van der Waals surface area contributed by atoms with Crippen molar-refractivity contribution in [3.05, 3.63) is 52.6 Å². The molecule has 1 atom stereocenters. The molecule has 0 radical (unpaired) electrons. The maximum Gasteiger partial charge on any atom is 0.323 e. The molecule has 1 fully saturated rings. The lowest BCUT2D eigenvalue weighted by Crippen LogP contribution is -2.40. The lowest BCUT2D eigenvalue weighted by atomic mass is 9.94. The number of hydrogen-bond acceptors (Lipinski definition) is 5. The van der Waals surface area contributed by atoms with Gasteiger partial charge in [0, 0.05) is 43.9 Å². The monoisotopic (exact) mass is 525 g/mol. The van der Waals surface area contributed by atoms with Crippen LogP contribution in [0.3, 0.4) is 0 Å². The summed E-state index contributed by atoms with van der Waals surface area (Å²) in [6, 6.07) is 5.88. The van der Waals surface area contributed by atoms with Gasteiger partial charge in [-0.2, -0.15) is 0 Å². The van der Waals surface area contributed by atoms with Crippen molar-refractivity contribution in [1.29, 1.82) is 0 Å². The summed E-state index contributed by atoms with van der Waals surface area (Å²) < 4.78 is 40.2. The van der Waals surface area contributed by atoms with Gasteiger partial charge < -0.3 is 30.1 Å². The number of amides is 2. The number of ether oxygens (including phenoxy) is 2. The maximum absolute atomic E-state index is 15.4. The minimum absolute atomic E-state index is 0.0261. The van der Waals surface area contributed by atoms with Gasteiger partial charge in [-0.25, -0.2) is 13.6 Å². The Morgan fingerprint density at radius 1 is 1.17 bits per heavy atom. The van der Waals surface area contributed by atoms with Crippen LogP contribution in [-0.2, 0) is 14.3 Å². The number of carboxylic acid groups (broad SMARTS) is 1. The van der Waals surface area contributed by atoms with E-state index in [2.05, 4.69) is 10.6 Å². The number of rotatable bonds is 10. The van der Waals surface area contributed by atoms with Crippen molar-refractivity contribution in [2.45, 2.75) is 38.1 Å². The van der Waals surface area contributed by atoms with Gasteiger partial charge in [0.05, 0.1) is 30.1 Å². The first kappa shape index (κ1) is 27.6. The van der Waals surface area contributed by atoms with Crippen LogP contribution in [0.4, 0.5) is 30.6 Å². The summed E-state index contributed by atoms with van der Waals surface area (Å²) in [5.74, 6) is -3.20. The molecule has 36 heavy (non-hydrogen) atoms. The minimum Gasteiger partial charge on any atom is -0.481 e. The van der Waals surface area contributed by atoms with Crippen LogP contribution in [0.25, 0.3) is 0 Å². The van der Waals surface area contributed by atoms with Gasteiger partial charge in [-0.05, 0) is 55.7 Å². The van der Waals surface area contributed by atoms with Crippen molar-refractivity contribution >= 4 is 40.7 Å². The van der Waals surface area contributed by atoms with E-state index >= 15 is 4.39 Å². The number of carbonyl (C=O) groups excluding carboxylic acids is 1. The van der Waals surface area contributed by atoms with E-state index in [1.807, 2.05) is 11.8 Å². The number of nitrogens with one attached hydrogen (secondary N) is 2. The van der Waals surface area contributed by atoms with E-state index in [1.165, 1.54) is 31.4 Å². The van der Waals surface area contributed by atoms with Gasteiger partial charge in [-0.3, -0.25) is 4.79 Å². The summed E-state index contributed by atoms with van der Waals surface area (Å²) in [6.07, 6.45) is 1.09. The number of halogens is 3. The van der Waals surface area contributed by atoms with Crippen molar-refractivity contribution in [2.24, 2.45) is 0 Å². The molecule has 1 heterocycles. The Morgan fingerprint density at radius 2 is 1.86 bits per heavy atom. The fourth-order valence-electron chi connectivity index (χ4n) is 4.39. The molecule has 0 aliphatic carbocycles. The van der Waals surface area contributed by atoms with Crippen molar-refractivity contribution in [3.8, 4) is 0 Å². The number of benzene rings is 2. The molecule has 1 aliphatic rings. The van der Waals surface area contributed by atoms with Gasteiger partial charge in [-0.15, -0.1) is 0 Å². The zero-order valence-corrected chi connectivity index (χ0v) is 20.9. The highest BCUT2D eigenvalue weighted by Crippen LogP contribution is 2.36. The summed E-state index contributed by atoms with van der Waals surface area (Å²) in [4.78, 5) is 26.2. The molecule has 11 heteroatoms. The molecule has 8 nitrogen and oxygen atoms in total. The predicted octanol–water partition coefficient (Wildman–Crippen LogP) is 5.47. The first-order chi connectivity index (χ1) is 17.2. The van der Waals surface area contributed by atoms with Crippen molar-refractivity contribution < 1.29 is 33.0 Å². The summed E-state index contributed by atoms with van der Waals surface area (Å²) >= 11 is 5.78. The Balaban J connectivity index is 2.00. The number of hydrogen-bond donors (Lipinski definition) is 3. The second-order valence-corrected chi connectivity index (χ2v) is 8.91. The Bertz CT molecular complexity index is 1080. The van der Waals surface area contributed by atoms with Crippen LogP contribution in [0.2, 0.25) is 5.02 Å². The molecule has 0 saturated carbocycles. The normalized spacial score (nSPS) is 14.8. The largest absolute Gasteiger partial charge is 0.481 e.